The van der Waals surface area contributed by atoms with Crippen LogP contribution in [0.4, 0.5) is 25.0 Å². The number of hydrogen-bond donors (Lipinski definition) is 4. The Morgan fingerprint density at radius 3 is 2.69 bits per heavy atom. The van der Waals surface area contributed by atoms with Crippen LogP contribution in [0.5, 0.6) is 0 Å². The van der Waals surface area contributed by atoms with Gasteiger partial charge >= 0.3 is 6.09 Å². The molecule has 2 aromatic heterocycles. The van der Waals surface area contributed by atoms with Crippen molar-refractivity contribution in [3.05, 3.63) is 57.6 Å². The first-order valence-electron chi connectivity index (χ1n) is 12.8. The summed E-state index contributed by atoms with van der Waals surface area (Å²) in [5.74, 6) is -3.62. The van der Waals surface area contributed by atoms with Gasteiger partial charge in [-0.25, -0.2) is 18.6 Å². The maximum Gasteiger partial charge on any atom is 0.411 e. The van der Waals surface area contributed by atoms with Crippen LogP contribution in [0.15, 0.2) is 24.4 Å². The van der Waals surface area contributed by atoms with E-state index in [1.165, 1.54) is 37.2 Å². The van der Waals surface area contributed by atoms with Crippen LogP contribution < -0.4 is 16.0 Å². The summed E-state index contributed by atoms with van der Waals surface area (Å²) >= 11 is 13.0. The quantitative estimate of drug-likeness (QED) is 0.223. The van der Waals surface area contributed by atoms with E-state index < -0.39 is 41.2 Å². The molecule has 0 saturated carbocycles. The number of benzene rings is 2. The van der Waals surface area contributed by atoms with Gasteiger partial charge in [-0.05, 0) is 25.0 Å². The maximum atomic E-state index is 15.3. The standard InChI is InChI=1S/C27H25Cl2F2N7O4/c1-11-5-4-6-16(33-26(40)20-15(30)8-19-13(21(20)31)10-32-38(19)2)24-36-22(23(29)37-24)12-7-14(28)18(35-27(41)42-3)9-17(12)34-25(11)39/h7-11,16H,4-6H2,1-3H3,(H,33,40)(H,34,39)(H,35,41)(H,36,37)/t11-,16-/m0/s1. The lowest BCUT2D eigenvalue weighted by Gasteiger charge is -2.20. The van der Waals surface area contributed by atoms with Gasteiger partial charge < -0.3 is 20.4 Å². The number of carbonyl (C=O) groups excluding carboxylic acids is 3. The molecule has 0 aliphatic carbocycles. The second-order valence-electron chi connectivity index (χ2n) is 9.87. The van der Waals surface area contributed by atoms with Gasteiger partial charge in [0.1, 0.15) is 33.9 Å². The van der Waals surface area contributed by atoms with Crippen LogP contribution in [0, 0.1) is 17.6 Å². The molecule has 3 amide bonds. The molecule has 0 unspecified atom stereocenters. The third-order valence-electron chi connectivity index (χ3n) is 7.10. The number of imidazole rings is 1. The van der Waals surface area contributed by atoms with Crippen LogP contribution in [0.2, 0.25) is 10.2 Å². The molecule has 0 radical (unpaired) electrons. The van der Waals surface area contributed by atoms with Gasteiger partial charge in [0.25, 0.3) is 5.91 Å². The average Bonchev–Trinajstić information content (AvgIpc) is 3.51. The van der Waals surface area contributed by atoms with Crippen molar-refractivity contribution in [1.29, 1.82) is 0 Å². The number of carbonyl (C=O) groups is 3. The van der Waals surface area contributed by atoms with Crippen LogP contribution in [-0.2, 0) is 16.6 Å². The van der Waals surface area contributed by atoms with Crippen molar-refractivity contribution in [2.75, 3.05) is 17.7 Å². The molecule has 220 valence electrons. The highest BCUT2D eigenvalue weighted by atomic mass is 35.5. The van der Waals surface area contributed by atoms with Crippen LogP contribution >= 0.6 is 23.2 Å². The molecule has 2 aromatic carbocycles. The van der Waals surface area contributed by atoms with Gasteiger partial charge in [0, 0.05) is 24.6 Å². The molecule has 5 rings (SSSR count). The summed E-state index contributed by atoms with van der Waals surface area (Å²) in [4.78, 5) is 45.7. The summed E-state index contributed by atoms with van der Waals surface area (Å²) in [5.41, 5.74) is 0.398. The molecular formula is C27H25Cl2F2N7O4. The monoisotopic (exact) mass is 619 g/mol. The first kappa shape index (κ1) is 29.3. The number of aromatic nitrogens is 4. The number of nitrogens with one attached hydrogen (secondary N) is 4. The summed E-state index contributed by atoms with van der Waals surface area (Å²) in [7, 11) is 2.73. The number of nitrogens with zero attached hydrogens (tertiary/aromatic N) is 3. The number of ether oxygens (including phenoxy) is 1. The summed E-state index contributed by atoms with van der Waals surface area (Å²) in [6.07, 6.45) is 1.60. The maximum absolute atomic E-state index is 15.3. The topological polar surface area (TPSA) is 143 Å². The van der Waals surface area contributed by atoms with Crippen LogP contribution in [0.1, 0.15) is 48.4 Å². The molecule has 0 fully saturated rings. The molecular weight excluding hydrogens is 595 g/mol. The Morgan fingerprint density at radius 1 is 1.19 bits per heavy atom. The van der Waals surface area contributed by atoms with Crippen molar-refractivity contribution >= 4 is 63.4 Å². The molecule has 42 heavy (non-hydrogen) atoms. The van der Waals surface area contributed by atoms with E-state index in [4.69, 9.17) is 23.2 Å². The fraction of sp³-hybridized carbons (Fsp3) is 0.296. The van der Waals surface area contributed by atoms with Gasteiger partial charge in [-0.2, -0.15) is 5.10 Å². The minimum Gasteiger partial charge on any atom is -0.453 e. The minimum atomic E-state index is -1.04. The van der Waals surface area contributed by atoms with Gasteiger partial charge in [0.05, 0.1) is 46.6 Å². The number of H-pyrrole nitrogens is 1. The van der Waals surface area contributed by atoms with Crippen molar-refractivity contribution in [1.82, 2.24) is 25.1 Å². The third-order valence-corrected chi connectivity index (χ3v) is 7.69. The number of rotatable bonds is 3. The molecule has 1 aliphatic rings. The third kappa shape index (κ3) is 5.49. The van der Waals surface area contributed by atoms with Crippen molar-refractivity contribution in [2.24, 2.45) is 13.0 Å². The predicted octanol–water partition coefficient (Wildman–Crippen LogP) is 5.96. The number of aryl methyl sites for hydroxylation is 1. The van der Waals surface area contributed by atoms with E-state index >= 15 is 4.39 Å². The van der Waals surface area contributed by atoms with Gasteiger partial charge in [-0.3, -0.25) is 19.6 Å². The second kappa shape index (κ2) is 11.6. The van der Waals surface area contributed by atoms with Crippen molar-refractivity contribution in [3.63, 3.8) is 0 Å². The smallest absolute Gasteiger partial charge is 0.411 e. The van der Waals surface area contributed by atoms with E-state index in [2.05, 4.69) is 35.8 Å². The Bertz CT molecular complexity index is 1740. The molecule has 0 saturated heterocycles. The Labute approximate surface area is 247 Å². The normalized spacial score (nSPS) is 17.1. The predicted molar refractivity (Wildman–Crippen MR) is 153 cm³/mol. The summed E-state index contributed by atoms with van der Waals surface area (Å²) < 4.78 is 36.2. The number of amides is 3. The van der Waals surface area contributed by atoms with E-state index in [0.717, 1.165) is 6.07 Å². The van der Waals surface area contributed by atoms with Gasteiger partial charge in [0.15, 0.2) is 0 Å². The molecule has 2 bridgehead atoms. The zero-order valence-electron chi connectivity index (χ0n) is 22.6. The Kier molecular flexibility index (Phi) is 8.06. The minimum absolute atomic E-state index is 0.000419. The Hall–Kier alpha value is -4.23. The van der Waals surface area contributed by atoms with Gasteiger partial charge in [-0.1, -0.05) is 36.5 Å². The molecule has 2 atom stereocenters. The summed E-state index contributed by atoms with van der Waals surface area (Å²) in [6, 6.07) is 3.12. The largest absolute Gasteiger partial charge is 0.453 e. The highest BCUT2D eigenvalue weighted by Gasteiger charge is 2.29. The second-order valence-corrected chi connectivity index (χ2v) is 10.7. The number of methoxy groups -OCH3 is 1. The number of anilines is 2. The first-order valence-corrected chi connectivity index (χ1v) is 13.6. The highest BCUT2D eigenvalue weighted by Crippen LogP contribution is 2.40. The van der Waals surface area contributed by atoms with Gasteiger partial charge in [0.2, 0.25) is 5.91 Å². The molecule has 0 spiro atoms. The van der Waals surface area contributed by atoms with Gasteiger partial charge in [-0.15, -0.1) is 0 Å². The summed E-state index contributed by atoms with van der Waals surface area (Å²) in [6.45, 7) is 1.74. The van der Waals surface area contributed by atoms with Crippen LogP contribution in [-0.4, -0.2) is 44.8 Å². The molecule has 3 heterocycles. The number of aromatic amines is 1. The van der Waals surface area contributed by atoms with E-state index in [1.54, 1.807) is 6.92 Å². The zero-order chi connectivity index (χ0) is 30.3. The fourth-order valence-electron chi connectivity index (χ4n) is 4.79. The van der Waals surface area contributed by atoms with E-state index in [-0.39, 0.29) is 56.3 Å². The Morgan fingerprint density at radius 2 is 1.95 bits per heavy atom. The summed E-state index contributed by atoms with van der Waals surface area (Å²) in [5, 5.41) is 12.1. The number of halogens is 4. The molecule has 4 N–H and O–H groups in total. The molecule has 15 heteroatoms. The van der Waals surface area contributed by atoms with Crippen molar-refractivity contribution < 1.29 is 27.9 Å². The van der Waals surface area contributed by atoms with E-state index in [0.29, 0.717) is 18.4 Å². The zero-order valence-corrected chi connectivity index (χ0v) is 24.1. The lowest BCUT2D eigenvalue weighted by molar-refractivity contribution is -0.119. The van der Waals surface area contributed by atoms with E-state index in [1.807, 2.05) is 0 Å². The number of hydrogen-bond acceptors (Lipinski definition) is 6. The van der Waals surface area contributed by atoms with Crippen LogP contribution in [0.25, 0.3) is 22.2 Å². The SMILES string of the molecule is COC(=O)Nc1cc2c(cc1Cl)-c1nc([nH]c1Cl)[C@@H](NC(=O)c1c(F)cc3c(cnn3C)c1F)CCC[C@H](C)C(=O)N2. The lowest BCUT2D eigenvalue weighted by atomic mass is 9.99. The molecule has 1 aliphatic heterocycles. The number of fused-ring (bicyclic) bond motifs is 5. The average molecular weight is 620 g/mol. The van der Waals surface area contributed by atoms with Crippen molar-refractivity contribution in [3.8, 4) is 11.3 Å². The lowest BCUT2D eigenvalue weighted by Crippen LogP contribution is -2.31. The first-order chi connectivity index (χ1) is 20.0. The Balaban J connectivity index is 1.55. The van der Waals surface area contributed by atoms with E-state index in [9.17, 15) is 18.8 Å². The molecule has 4 aromatic rings. The van der Waals surface area contributed by atoms with Crippen molar-refractivity contribution in [2.45, 2.75) is 32.2 Å². The molecule has 11 nitrogen and oxygen atoms in total. The highest BCUT2D eigenvalue weighted by molar-refractivity contribution is 6.35. The fourth-order valence-corrected chi connectivity index (χ4v) is 5.24. The van der Waals surface area contributed by atoms with Crippen LogP contribution in [0.3, 0.4) is 0 Å².